The molecule has 2 unspecified atom stereocenters. The fourth-order valence-corrected chi connectivity index (χ4v) is 10.7. The first-order valence-electron chi connectivity index (χ1n) is 30.0. The van der Waals surface area contributed by atoms with Gasteiger partial charge in [0.25, 0.3) is 0 Å². The first kappa shape index (κ1) is 74.6. The van der Waals surface area contributed by atoms with Gasteiger partial charge in [-0.3, -0.25) is 48.6 Å². The summed E-state index contributed by atoms with van der Waals surface area (Å²) >= 11 is 0. The number of allylic oxidation sites excluding steroid dienone is 2. The van der Waals surface area contributed by atoms with Crippen LogP contribution in [-0.2, 0) is 43.5 Å². The van der Waals surface area contributed by atoms with E-state index in [-0.39, 0.29) is 95.8 Å². The maximum Gasteiger partial charge on any atom is 0.340 e. The summed E-state index contributed by atoms with van der Waals surface area (Å²) in [5, 5.41) is 14.0. The number of amides is 11. The summed E-state index contributed by atoms with van der Waals surface area (Å²) < 4.78 is 33.9. The van der Waals surface area contributed by atoms with Gasteiger partial charge in [0.2, 0.25) is 39.6 Å². The summed E-state index contributed by atoms with van der Waals surface area (Å²) in [7, 11) is -3.25. The highest BCUT2D eigenvalue weighted by Gasteiger charge is 2.37. The number of aromatic amines is 2. The third-order valence-electron chi connectivity index (χ3n) is 13.8. The largest absolute Gasteiger partial charge is 0.366 e. The highest BCUT2D eigenvalue weighted by Crippen LogP contribution is 2.20. The molecule has 27 heteroatoms. The van der Waals surface area contributed by atoms with E-state index in [1.807, 2.05) is 97.3 Å². The number of nitrogens with zero attached hydrogens (tertiary/aromatic N) is 8. The van der Waals surface area contributed by atoms with E-state index >= 15 is 0 Å². The van der Waals surface area contributed by atoms with Crippen LogP contribution in [0.2, 0.25) is 0 Å². The second-order valence-electron chi connectivity index (χ2n) is 23.4. The minimum atomic E-state index is -3.25. The molecule has 1 aliphatic carbocycles. The van der Waals surface area contributed by atoms with Crippen LogP contribution in [0.3, 0.4) is 0 Å². The molecular weight excluding hydrogens is 1120 g/mol. The Labute approximate surface area is 504 Å². The normalized spacial score (nSPS) is 21.0. The number of hydrogen-bond donors (Lipinski definition) is 5. The molecule has 5 N–H and O–H groups in total. The standard InChI is InChI=1S/C11H15NO.C8H13NO2.C8H15NO.C7H12N2O2.C7H14N2O.C6H12N2O2.C6H11NO3S.C5H9N3O/c1-8(2)10-7-13-11-6-4-3-5-9(11)12-10;1-6(2)9-7(10)4-3-5-8(9)11;1-7(2)9-6-4-3-5-8(9)10;1-5(2)9-6(10)3-4-8-7(9)11;1-6(2)9-5-3-4-8-7(9)10;1-5(2)8-4-10-3-7-6(8)9;1-5(2)7-6(8)3-4-11(7,9)10;1-3(2)4-6-5(9)8-7-4/h3-6,8,10-11H,7H2,1-2H3;6H,3-5H2,1-2H3;7H,3-6H2,1-2H3;5H,3-4H2,1-2H3,(H,8,11);6H,3-5H2,1-2H3,(H,8,10);5H,3-4H2,1-2H3,(H,7,9);5H,3-4H2,1-2H3;3H,1-2H3,(H2,6,7,8,9). The van der Waals surface area contributed by atoms with Crippen molar-refractivity contribution in [1.82, 2.24) is 59.9 Å². The number of nitrogens with one attached hydrogen (secondary N) is 5. The Morgan fingerprint density at radius 1 is 0.553 bits per heavy atom. The zero-order valence-corrected chi connectivity index (χ0v) is 54.2. The van der Waals surface area contributed by atoms with Crippen LogP contribution in [0.5, 0.6) is 0 Å². The minimum Gasteiger partial charge on any atom is -0.366 e. The van der Waals surface area contributed by atoms with Gasteiger partial charge < -0.3 is 35.2 Å². The molecule has 1 aromatic rings. The van der Waals surface area contributed by atoms with Gasteiger partial charge in [-0.1, -0.05) is 39.8 Å². The average Bonchev–Trinajstić information content (AvgIpc) is 4.05. The van der Waals surface area contributed by atoms with E-state index < -0.39 is 10.0 Å². The van der Waals surface area contributed by atoms with Crippen molar-refractivity contribution in [3.8, 4) is 0 Å². The molecule has 0 radical (unpaired) electrons. The Kier molecular flexibility index (Phi) is 32.6. The van der Waals surface area contributed by atoms with Crippen molar-refractivity contribution in [2.75, 3.05) is 52.0 Å². The number of aliphatic imine (C=N–C) groups is 1. The summed E-state index contributed by atoms with van der Waals surface area (Å²) in [6, 6.07) is 0.794. The lowest BCUT2D eigenvalue weighted by Gasteiger charge is -2.30. The molecule has 7 aliphatic heterocycles. The lowest BCUT2D eigenvalue weighted by atomic mass is 10.0. The van der Waals surface area contributed by atoms with Crippen LogP contribution in [0.15, 0.2) is 34.1 Å². The van der Waals surface area contributed by atoms with Gasteiger partial charge in [0.05, 0.1) is 24.1 Å². The molecule has 0 bridgehead atoms. The average molecular weight is 1220 g/mol. The van der Waals surface area contributed by atoms with Crippen LogP contribution in [0.1, 0.15) is 180 Å². The quantitative estimate of drug-likeness (QED) is 0.187. The van der Waals surface area contributed by atoms with Crippen LogP contribution in [0.25, 0.3) is 0 Å². The zero-order valence-electron chi connectivity index (χ0n) is 53.4. The van der Waals surface area contributed by atoms with Gasteiger partial charge in [-0.2, -0.15) is 5.10 Å². The molecule has 482 valence electrons. The van der Waals surface area contributed by atoms with Crippen LogP contribution in [-0.4, -0.2) is 206 Å². The Bertz CT molecular complexity index is 2440. The number of rotatable bonds is 8. The lowest BCUT2D eigenvalue weighted by molar-refractivity contribution is -0.150. The number of fused-ring (bicyclic) bond motifs is 1. The van der Waals surface area contributed by atoms with Crippen LogP contribution in [0.4, 0.5) is 14.4 Å². The van der Waals surface area contributed by atoms with Gasteiger partial charge >= 0.3 is 23.8 Å². The molecule has 0 aromatic carbocycles. The number of carbonyl (C=O) groups excluding carboxylic acids is 8. The van der Waals surface area contributed by atoms with E-state index in [1.165, 1.54) is 16.2 Å². The Hall–Kier alpha value is -6.48. The van der Waals surface area contributed by atoms with Crippen molar-refractivity contribution in [2.24, 2.45) is 10.9 Å². The molecule has 6 fully saturated rings. The van der Waals surface area contributed by atoms with E-state index in [2.05, 4.69) is 69.9 Å². The molecule has 8 heterocycles. The molecule has 8 aliphatic rings. The smallest absolute Gasteiger partial charge is 0.340 e. The van der Waals surface area contributed by atoms with E-state index in [9.17, 15) is 51.6 Å². The summed E-state index contributed by atoms with van der Waals surface area (Å²) in [6.07, 6.45) is 14.7. The van der Waals surface area contributed by atoms with Gasteiger partial charge in [0.15, 0.2) is 0 Å². The number of H-pyrrole nitrogens is 2. The summed E-state index contributed by atoms with van der Waals surface area (Å²) in [5.74, 6) is 1.47. The topological polar surface area (TPSA) is 319 Å². The highest BCUT2D eigenvalue weighted by atomic mass is 32.2. The fourth-order valence-electron chi connectivity index (χ4n) is 9.07. The van der Waals surface area contributed by atoms with Crippen LogP contribution < -0.4 is 21.6 Å². The Morgan fingerprint density at radius 3 is 1.51 bits per heavy atom. The molecule has 6 saturated heterocycles. The summed E-state index contributed by atoms with van der Waals surface area (Å²) in [6.45, 7) is 35.8. The SMILES string of the molecule is CC(C)C1COC2C=CC=CC2=N1.CC(C)N1C(=O)CCCC1=O.CC(C)N1C(=O)CCNC1=O.CC(C)N1C(=O)CCS1(=O)=O.CC(C)N1CCCCC1=O.CC(C)N1CCCNC1=O.CC(C)N1COCNC1=O.CC(C)c1n[nH]c(=O)[nH]1. The van der Waals surface area contributed by atoms with Crippen molar-refractivity contribution >= 4 is 63.4 Å². The number of ether oxygens (including phenoxy) is 2. The van der Waals surface area contributed by atoms with Crippen LogP contribution in [0, 0.1) is 5.92 Å². The van der Waals surface area contributed by atoms with Crippen molar-refractivity contribution < 1.29 is 56.2 Å². The molecule has 11 amide bonds. The lowest BCUT2D eigenvalue weighted by Crippen LogP contribution is -2.52. The maximum atomic E-state index is 11.2. The first-order valence-corrected chi connectivity index (χ1v) is 31.6. The number of aromatic nitrogens is 3. The van der Waals surface area contributed by atoms with E-state index in [0.29, 0.717) is 75.0 Å². The number of likely N-dealkylation sites (tertiary alicyclic amines) is 2. The molecule has 85 heavy (non-hydrogen) atoms. The predicted molar refractivity (Wildman–Crippen MR) is 325 cm³/mol. The van der Waals surface area contributed by atoms with Gasteiger partial charge in [-0.15, -0.1) is 0 Å². The predicted octanol–water partition coefficient (Wildman–Crippen LogP) is 5.99. The minimum absolute atomic E-state index is 0.0174. The molecular formula is C58H101N13O13S. The van der Waals surface area contributed by atoms with E-state index in [1.54, 1.807) is 18.7 Å². The molecule has 0 spiro atoms. The zero-order chi connectivity index (χ0) is 64.3. The van der Waals surface area contributed by atoms with E-state index in [0.717, 1.165) is 61.9 Å². The maximum absolute atomic E-state index is 11.2. The van der Waals surface area contributed by atoms with Gasteiger partial charge in [-0.05, 0) is 127 Å². The van der Waals surface area contributed by atoms with Crippen molar-refractivity contribution in [3.63, 3.8) is 0 Å². The van der Waals surface area contributed by atoms with Crippen LogP contribution >= 0.6 is 0 Å². The molecule has 26 nitrogen and oxygen atoms in total. The van der Waals surface area contributed by atoms with Gasteiger partial charge in [-0.25, -0.2) is 37.0 Å². The molecule has 9 rings (SSSR count). The van der Waals surface area contributed by atoms with Gasteiger partial charge in [0.1, 0.15) is 25.4 Å². The summed E-state index contributed by atoms with van der Waals surface area (Å²) in [4.78, 5) is 114. The first-order chi connectivity index (χ1) is 39.8. The fraction of sp³-hybridized carbons (Fsp3) is 0.741. The van der Waals surface area contributed by atoms with E-state index in [4.69, 9.17) is 9.47 Å². The molecule has 1 aromatic heterocycles. The highest BCUT2D eigenvalue weighted by molar-refractivity contribution is 7.90. The Morgan fingerprint density at radius 2 is 1.12 bits per heavy atom. The number of imide groups is 2. The molecule has 0 saturated carbocycles. The third kappa shape index (κ3) is 25.6. The van der Waals surface area contributed by atoms with Crippen molar-refractivity contribution in [1.29, 1.82) is 0 Å². The molecule has 2 atom stereocenters. The second-order valence-corrected chi connectivity index (χ2v) is 25.4. The Balaban J connectivity index is 0.000000332. The number of urea groups is 3. The van der Waals surface area contributed by atoms with Crippen molar-refractivity contribution in [2.45, 2.75) is 223 Å². The number of piperidine rings is 2. The number of sulfonamides is 1. The second kappa shape index (κ2) is 37.2. The number of carbonyl (C=O) groups is 8. The number of hydrogen-bond acceptors (Lipinski definition) is 15. The summed E-state index contributed by atoms with van der Waals surface area (Å²) in [5.41, 5.74) is 0.839. The van der Waals surface area contributed by atoms with Gasteiger partial charge in [0, 0.05) is 100 Å². The van der Waals surface area contributed by atoms with Crippen molar-refractivity contribution in [3.05, 3.63) is 40.6 Å². The third-order valence-corrected chi connectivity index (χ3v) is 15.7. The monoisotopic (exact) mass is 1220 g/mol.